The Hall–Kier alpha value is -3.55. The fourth-order valence-electron chi connectivity index (χ4n) is 3.15. The molecular weight excluding hydrogens is 408 g/mol. The van der Waals surface area contributed by atoms with Crippen LogP contribution in [0.15, 0.2) is 66.2 Å². The molecule has 0 spiro atoms. The molecule has 0 saturated heterocycles. The van der Waals surface area contributed by atoms with Gasteiger partial charge in [0.25, 0.3) is 5.91 Å². The van der Waals surface area contributed by atoms with Gasteiger partial charge in [-0.05, 0) is 61.7 Å². The first kappa shape index (κ1) is 22.1. The minimum Gasteiger partial charge on any atom is -0.487 e. The number of rotatable bonds is 6. The van der Waals surface area contributed by atoms with Crippen molar-refractivity contribution in [1.82, 2.24) is 0 Å². The number of amides is 1. The van der Waals surface area contributed by atoms with Crippen molar-refractivity contribution in [2.45, 2.75) is 27.4 Å². The number of ether oxygens (including phenoxy) is 1. The summed E-state index contributed by atoms with van der Waals surface area (Å²) >= 11 is 6.36. The van der Waals surface area contributed by atoms with Gasteiger partial charge in [-0.2, -0.15) is 5.26 Å². The maximum absolute atomic E-state index is 12.6. The van der Waals surface area contributed by atoms with E-state index in [0.29, 0.717) is 28.6 Å². The third kappa shape index (κ3) is 5.97. The maximum atomic E-state index is 12.6. The lowest BCUT2D eigenvalue weighted by Gasteiger charge is -2.10. The molecule has 0 atom stereocenters. The predicted octanol–water partition coefficient (Wildman–Crippen LogP) is 6.39. The van der Waals surface area contributed by atoms with Gasteiger partial charge in [-0.25, -0.2) is 0 Å². The van der Waals surface area contributed by atoms with Gasteiger partial charge < -0.3 is 10.1 Å². The molecule has 0 aromatic heterocycles. The second-order valence-corrected chi connectivity index (χ2v) is 7.82. The van der Waals surface area contributed by atoms with E-state index in [1.165, 1.54) is 6.08 Å². The summed E-state index contributed by atoms with van der Waals surface area (Å²) < 4.78 is 5.82. The van der Waals surface area contributed by atoms with E-state index in [1.807, 2.05) is 63.2 Å². The van der Waals surface area contributed by atoms with Gasteiger partial charge in [0, 0.05) is 5.69 Å². The van der Waals surface area contributed by atoms with Gasteiger partial charge in [-0.1, -0.05) is 65.2 Å². The number of hydrogen-bond donors (Lipinski definition) is 1. The van der Waals surface area contributed by atoms with Gasteiger partial charge in [0.15, 0.2) is 0 Å². The summed E-state index contributed by atoms with van der Waals surface area (Å²) in [6, 6.07) is 20.9. The zero-order valence-corrected chi connectivity index (χ0v) is 18.5. The second-order valence-electron chi connectivity index (χ2n) is 7.41. The molecule has 0 heterocycles. The van der Waals surface area contributed by atoms with Gasteiger partial charge in [-0.15, -0.1) is 0 Å². The summed E-state index contributed by atoms with van der Waals surface area (Å²) in [7, 11) is 0. The molecule has 1 amide bonds. The van der Waals surface area contributed by atoms with Crippen LogP contribution in [-0.2, 0) is 11.4 Å². The van der Waals surface area contributed by atoms with Crippen LogP contribution in [0.25, 0.3) is 6.08 Å². The minimum absolute atomic E-state index is 0.00975. The van der Waals surface area contributed by atoms with Crippen molar-refractivity contribution in [2.75, 3.05) is 5.32 Å². The molecule has 3 aromatic rings. The van der Waals surface area contributed by atoms with E-state index in [0.717, 1.165) is 22.3 Å². The lowest BCUT2D eigenvalue weighted by molar-refractivity contribution is -0.112. The monoisotopic (exact) mass is 430 g/mol. The summed E-state index contributed by atoms with van der Waals surface area (Å²) in [6.07, 6.45) is 1.51. The van der Waals surface area contributed by atoms with Crippen LogP contribution < -0.4 is 10.1 Å². The minimum atomic E-state index is -0.467. The summed E-state index contributed by atoms with van der Waals surface area (Å²) in [5, 5.41) is 12.7. The summed E-state index contributed by atoms with van der Waals surface area (Å²) in [5.74, 6) is 0.0731. The lowest BCUT2D eigenvalue weighted by atomic mass is 10.1. The Morgan fingerprint density at radius 1 is 1.06 bits per heavy atom. The number of benzene rings is 3. The van der Waals surface area contributed by atoms with Crippen LogP contribution >= 0.6 is 11.6 Å². The highest BCUT2D eigenvalue weighted by molar-refractivity contribution is 6.32. The lowest BCUT2D eigenvalue weighted by Crippen LogP contribution is -2.14. The van der Waals surface area contributed by atoms with Crippen LogP contribution in [0, 0.1) is 32.1 Å². The molecule has 0 aliphatic rings. The molecule has 0 aliphatic heterocycles. The summed E-state index contributed by atoms with van der Waals surface area (Å²) in [4.78, 5) is 12.6. The molecule has 1 N–H and O–H groups in total. The molecule has 3 aromatic carbocycles. The molecule has 0 unspecified atom stereocenters. The molecule has 31 heavy (non-hydrogen) atoms. The number of anilines is 1. The van der Waals surface area contributed by atoms with Gasteiger partial charge in [0.05, 0.1) is 5.02 Å². The summed E-state index contributed by atoms with van der Waals surface area (Å²) in [5.41, 5.74) is 5.56. The van der Waals surface area contributed by atoms with Crippen molar-refractivity contribution >= 4 is 29.3 Å². The number of nitrogens with zero attached hydrogens (tertiary/aromatic N) is 1. The van der Waals surface area contributed by atoms with E-state index in [9.17, 15) is 10.1 Å². The molecule has 5 heteroatoms. The van der Waals surface area contributed by atoms with Crippen LogP contribution in [-0.4, -0.2) is 5.91 Å². The zero-order chi connectivity index (χ0) is 22.4. The quantitative estimate of drug-likeness (QED) is 0.364. The number of hydrogen-bond acceptors (Lipinski definition) is 3. The van der Waals surface area contributed by atoms with Crippen LogP contribution in [0.5, 0.6) is 5.75 Å². The molecule has 4 nitrogen and oxygen atoms in total. The van der Waals surface area contributed by atoms with Crippen molar-refractivity contribution in [3.05, 3.63) is 99.1 Å². The maximum Gasteiger partial charge on any atom is 0.266 e. The Morgan fingerprint density at radius 3 is 2.52 bits per heavy atom. The SMILES string of the molecule is Cc1cccc(COc2ccc(/C=C(\C#N)C(=O)Nc3ccc(C)cc3C)cc2Cl)c1. The van der Waals surface area contributed by atoms with Gasteiger partial charge in [0.1, 0.15) is 24.0 Å². The molecule has 0 radical (unpaired) electrons. The third-order valence-corrected chi connectivity index (χ3v) is 5.03. The Balaban J connectivity index is 1.72. The number of carbonyl (C=O) groups is 1. The highest BCUT2D eigenvalue weighted by Crippen LogP contribution is 2.27. The molecule has 156 valence electrons. The normalized spacial score (nSPS) is 11.0. The molecule has 3 rings (SSSR count). The number of aryl methyl sites for hydroxylation is 3. The van der Waals surface area contributed by atoms with Crippen molar-refractivity contribution in [2.24, 2.45) is 0 Å². The Labute approximate surface area is 187 Å². The second kappa shape index (κ2) is 9.97. The average molecular weight is 431 g/mol. The van der Waals surface area contributed by atoms with E-state index >= 15 is 0 Å². The highest BCUT2D eigenvalue weighted by Gasteiger charge is 2.12. The molecule has 0 saturated carbocycles. The van der Waals surface area contributed by atoms with Gasteiger partial charge in [0.2, 0.25) is 0 Å². The summed E-state index contributed by atoms with van der Waals surface area (Å²) in [6.45, 7) is 6.32. The van der Waals surface area contributed by atoms with E-state index < -0.39 is 5.91 Å². The Bertz CT molecular complexity index is 1190. The van der Waals surface area contributed by atoms with E-state index in [2.05, 4.69) is 11.4 Å². The van der Waals surface area contributed by atoms with Crippen molar-refractivity contribution in [3.8, 4) is 11.8 Å². The molecule has 0 aliphatic carbocycles. The number of halogens is 1. The van der Waals surface area contributed by atoms with Crippen LogP contribution in [0.1, 0.15) is 27.8 Å². The molecule has 0 bridgehead atoms. The Morgan fingerprint density at radius 2 is 1.84 bits per heavy atom. The average Bonchev–Trinajstić information content (AvgIpc) is 2.73. The zero-order valence-electron chi connectivity index (χ0n) is 17.7. The van der Waals surface area contributed by atoms with Crippen LogP contribution in [0.3, 0.4) is 0 Å². The standard InChI is InChI=1S/C26H23ClN2O2/c1-17-5-4-6-21(12-17)16-31-25-10-8-20(14-23(25)27)13-22(15-28)26(30)29-24-9-7-18(2)11-19(24)3/h4-14H,16H2,1-3H3,(H,29,30)/b22-13+. The first-order chi connectivity index (χ1) is 14.9. The predicted molar refractivity (Wildman–Crippen MR) is 125 cm³/mol. The van der Waals surface area contributed by atoms with E-state index in [4.69, 9.17) is 16.3 Å². The van der Waals surface area contributed by atoms with Gasteiger partial charge in [-0.3, -0.25) is 4.79 Å². The van der Waals surface area contributed by atoms with Gasteiger partial charge >= 0.3 is 0 Å². The van der Waals surface area contributed by atoms with Crippen LogP contribution in [0.2, 0.25) is 5.02 Å². The Kier molecular flexibility index (Phi) is 7.12. The fraction of sp³-hybridized carbons (Fsp3) is 0.154. The number of carbonyl (C=O) groups excluding carboxylic acids is 1. The fourth-order valence-corrected chi connectivity index (χ4v) is 3.39. The number of nitriles is 1. The number of nitrogens with one attached hydrogen (secondary N) is 1. The first-order valence-electron chi connectivity index (χ1n) is 9.84. The smallest absolute Gasteiger partial charge is 0.266 e. The third-order valence-electron chi connectivity index (χ3n) is 4.74. The molecular formula is C26H23ClN2O2. The first-order valence-corrected chi connectivity index (χ1v) is 10.2. The largest absolute Gasteiger partial charge is 0.487 e. The van der Waals surface area contributed by atoms with Crippen molar-refractivity contribution in [1.29, 1.82) is 5.26 Å². The van der Waals surface area contributed by atoms with Crippen LogP contribution in [0.4, 0.5) is 5.69 Å². The van der Waals surface area contributed by atoms with Crippen molar-refractivity contribution < 1.29 is 9.53 Å². The topological polar surface area (TPSA) is 62.1 Å². The highest BCUT2D eigenvalue weighted by atomic mass is 35.5. The van der Waals surface area contributed by atoms with Crippen molar-refractivity contribution in [3.63, 3.8) is 0 Å². The van der Waals surface area contributed by atoms with E-state index in [1.54, 1.807) is 18.2 Å². The molecule has 0 fully saturated rings. The van der Waals surface area contributed by atoms with E-state index in [-0.39, 0.29) is 5.57 Å².